The fourth-order valence-corrected chi connectivity index (χ4v) is 2.17. The van der Waals surface area contributed by atoms with E-state index >= 15 is 0 Å². The van der Waals surface area contributed by atoms with Crippen LogP contribution in [-0.2, 0) is 13.0 Å². The van der Waals surface area contributed by atoms with Crippen LogP contribution in [0.2, 0.25) is 0 Å². The number of nitrogens with zero attached hydrogens (tertiary/aromatic N) is 2. The van der Waals surface area contributed by atoms with Gasteiger partial charge in [-0.2, -0.15) is 0 Å². The molecule has 0 aliphatic heterocycles. The van der Waals surface area contributed by atoms with Gasteiger partial charge in [-0.25, -0.2) is 9.37 Å². The van der Waals surface area contributed by atoms with Crippen LogP contribution in [0.1, 0.15) is 24.6 Å². The second-order valence-corrected chi connectivity index (χ2v) is 4.97. The number of nitrogens with one attached hydrogen (secondary N) is 1. The summed E-state index contributed by atoms with van der Waals surface area (Å²) in [6.45, 7) is 4.54. The van der Waals surface area contributed by atoms with Gasteiger partial charge in [0.25, 0.3) is 0 Å². The molecular formula is C16H22FN3O. The topological polar surface area (TPSA) is 39.1 Å². The number of methoxy groups -OCH3 is 1. The van der Waals surface area contributed by atoms with Crippen LogP contribution in [0.15, 0.2) is 30.7 Å². The molecule has 0 radical (unpaired) electrons. The normalized spacial score (nSPS) is 10.8. The average Bonchev–Trinajstić information content (AvgIpc) is 2.93. The van der Waals surface area contributed by atoms with Gasteiger partial charge in [-0.3, -0.25) is 0 Å². The molecule has 0 spiro atoms. The van der Waals surface area contributed by atoms with E-state index in [4.69, 9.17) is 4.74 Å². The third-order valence-corrected chi connectivity index (χ3v) is 3.29. The van der Waals surface area contributed by atoms with Crippen molar-refractivity contribution in [1.82, 2.24) is 14.9 Å². The molecule has 0 aliphatic carbocycles. The number of rotatable bonds is 8. The van der Waals surface area contributed by atoms with Crippen molar-refractivity contribution >= 4 is 0 Å². The Balaban J connectivity index is 1.96. The van der Waals surface area contributed by atoms with Crippen LogP contribution < -0.4 is 10.1 Å². The SMILES string of the molecule is CCCNCCc1cn(Cc2cccc(OC)c2F)cn1. The first-order chi connectivity index (χ1) is 10.2. The highest BCUT2D eigenvalue weighted by atomic mass is 19.1. The largest absolute Gasteiger partial charge is 0.494 e. The number of aromatic nitrogens is 2. The maximum Gasteiger partial charge on any atom is 0.170 e. The maximum absolute atomic E-state index is 14.1. The fourth-order valence-electron chi connectivity index (χ4n) is 2.17. The van der Waals surface area contributed by atoms with E-state index in [0.29, 0.717) is 12.1 Å². The molecule has 2 rings (SSSR count). The Labute approximate surface area is 125 Å². The molecule has 0 aliphatic rings. The molecule has 1 aromatic heterocycles. The second-order valence-electron chi connectivity index (χ2n) is 4.97. The standard InChI is InChI=1S/C16H22FN3O/c1-3-8-18-9-7-14-11-20(12-19-14)10-13-5-4-6-15(21-2)16(13)17/h4-6,11-12,18H,3,7-10H2,1-2H3. The summed E-state index contributed by atoms with van der Waals surface area (Å²) >= 11 is 0. The third kappa shape index (κ3) is 4.29. The van der Waals surface area contributed by atoms with Crippen molar-refractivity contribution in [1.29, 1.82) is 0 Å². The summed E-state index contributed by atoms with van der Waals surface area (Å²) < 4.78 is 21.0. The van der Waals surface area contributed by atoms with E-state index in [1.165, 1.54) is 7.11 Å². The minimum Gasteiger partial charge on any atom is -0.494 e. The molecule has 114 valence electrons. The van der Waals surface area contributed by atoms with Crippen molar-refractivity contribution in [2.45, 2.75) is 26.3 Å². The van der Waals surface area contributed by atoms with Crippen molar-refractivity contribution in [3.05, 3.63) is 47.8 Å². The highest BCUT2D eigenvalue weighted by Crippen LogP contribution is 2.20. The first-order valence-electron chi connectivity index (χ1n) is 7.27. The molecule has 0 fully saturated rings. The van der Waals surface area contributed by atoms with Crippen molar-refractivity contribution in [3.8, 4) is 5.75 Å². The second kappa shape index (κ2) is 7.78. The molecule has 2 aromatic rings. The Morgan fingerprint density at radius 3 is 2.95 bits per heavy atom. The lowest BCUT2D eigenvalue weighted by molar-refractivity contribution is 0.383. The first-order valence-corrected chi connectivity index (χ1v) is 7.27. The molecule has 21 heavy (non-hydrogen) atoms. The summed E-state index contributed by atoms with van der Waals surface area (Å²) in [4.78, 5) is 4.35. The number of benzene rings is 1. The van der Waals surface area contributed by atoms with Gasteiger partial charge in [0.2, 0.25) is 0 Å². The first kappa shape index (κ1) is 15.5. The van der Waals surface area contributed by atoms with E-state index in [1.54, 1.807) is 24.5 Å². The number of halogens is 1. The van der Waals surface area contributed by atoms with Crippen molar-refractivity contribution < 1.29 is 9.13 Å². The van der Waals surface area contributed by atoms with Crippen molar-refractivity contribution in [3.63, 3.8) is 0 Å². The van der Waals surface area contributed by atoms with Gasteiger partial charge in [-0.1, -0.05) is 19.1 Å². The Morgan fingerprint density at radius 1 is 1.33 bits per heavy atom. The smallest absolute Gasteiger partial charge is 0.170 e. The van der Waals surface area contributed by atoms with E-state index in [-0.39, 0.29) is 11.6 Å². The average molecular weight is 291 g/mol. The van der Waals surface area contributed by atoms with Gasteiger partial charge in [0, 0.05) is 24.7 Å². The lowest BCUT2D eigenvalue weighted by Gasteiger charge is -2.07. The monoisotopic (exact) mass is 291 g/mol. The van der Waals surface area contributed by atoms with Crippen LogP contribution in [0.4, 0.5) is 4.39 Å². The fraction of sp³-hybridized carbons (Fsp3) is 0.438. The molecule has 0 amide bonds. The third-order valence-electron chi connectivity index (χ3n) is 3.29. The molecule has 0 saturated carbocycles. The van der Waals surface area contributed by atoms with E-state index < -0.39 is 0 Å². The van der Waals surface area contributed by atoms with Gasteiger partial charge in [-0.05, 0) is 19.0 Å². The van der Waals surface area contributed by atoms with Crippen molar-refractivity contribution in [2.24, 2.45) is 0 Å². The summed E-state index contributed by atoms with van der Waals surface area (Å²) in [5.41, 5.74) is 1.62. The molecule has 1 heterocycles. The van der Waals surface area contributed by atoms with E-state index in [9.17, 15) is 4.39 Å². The zero-order chi connectivity index (χ0) is 15.1. The van der Waals surface area contributed by atoms with Gasteiger partial charge in [0.15, 0.2) is 11.6 Å². The Bertz CT molecular complexity index is 568. The number of ether oxygens (including phenoxy) is 1. The van der Waals surface area contributed by atoms with Gasteiger partial charge in [0.05, 0.1) is 25.7 Å². The lowest BCUT2D eigenvalue weighted by Crippen LogP contribution is -2.17. The summed E-state index contributed by atoms with van der Waals surface area (Å²) in [5, 5.41) is 3.34. The molecule has 4 nitrogen and oxygen atoms in total. The molecule has 0 saturated heterocycles. The summed E-state index contributed by atoms with van der Waals surface area (Å²) in [6.07, 6.45) is 5.72. The maximum atomic E-state index is 14.1. The summed E-state index contributed by atoms with van der Waals surface area (Å²) in [5.74, 6) is -0.0310. The molecular weight excluding hydrogens is 269 g/mol. The van der Waals surface area contributed by atoms with Gasteiger partial charge in [0.1, 0.15) is 0 Å². The molecule has 0 atom stereocenters. The van der Waals surface area contributed by atoms with Crippen LogP contribution in [0.5, 0.6) is 5.75 Å². The van der Waals surface area contributed by atoms with Crippen LogP contribution >= 0.6 is 0 Å². The zero-order valence-electron chi connectivity index (χ0n) is 12.6. The van der Waals surface area contributed by atoms with Crippen molar-refractivity contribution in [2.75, 3.05) is 20.2 Å². The Morgan fingerprint density at radius 2 is 2.19 bits per heavy atom. The highest BCUT2D eigenvalue weighted by molar-refractivity contribution is 5.31. The predicted molar refractivity (Wildman–Crippen MR) is 81.1 cm³/mol. The highest BCUT2D eigenvalue weighted by Gasteiger charge is 2.09. The number of hydrogen-bond donors (Lipinski definition) is 1. The van der Waals surface area contributed by atoms with E-state index in [2.05, 4.69) is 17.2 Å². The zero-order valence-corrected chi connectivity index (χ0v) is 12.6. The van der Waals surface area contributed by atoms with Gasteiger partial charge in [-0.15, -0.1) is 0 Å². The number of hydrogen-bond acceptors (Lipinski definition) is 3. The van der Waals surface area contributed by atoms with E-state index in [0.717, 1.165) is 31.6 Å². The minimum absolute atomic E-state index is 0.275. The van der Waals surface area contributed by atoms with Crippen LogP contribution in [0.25, 0.3) is 0 Å². The predicted octanol–water partition coefficient (Wildman–Crippen LogP) is 2.62. The van der Waals surface area contributed by atoms with Crippen LogP contribution in [0, 0.1) is 5.82 Å². The van der Waals surface area contributed by atoms with Gasteiger partial charge < -0.3 is 14.6 Å². The minimum atomic E-state index is -0.306. The van der Waals surface area contributed by atoms with E-state index in [1.807, 2.05) is 10.8 Å². The Hall–Kier alpha value is -1.88. The van der Waals surface area contributed by atoms with Crippen LogP contribution in [0.3, 0.4) is 0 Å². The quantitative estimate of drug-likeness (QED) is 0.760. The molecule has 1 aromatic carbocycles. The lowest BCUT2D eigenvalue weighted by atomic mass is 10.2. The molecule has 0 bridgehead atoms. The molecule has 5 heteroatoms. The summed E-state index contributed by atoms with van der Waals surface area (Å²) in [6, 6.07) is 5.18. The molecule has 0 unspecified atom stereocenters. The summed E-state index contributed by atoms with van der Waals surface area (Å²) in [7, 11) is 1.47. The number of imidazole rings is 1. The Kier molecular flexibility index (Phi) is 5.75. The molecule has 1 N–H and O–H groups in total. The van der Waals surface area contributed by atoms with Crippen LogP contribution in [-0.4, -0.2) is 29.8 Å². The van der Waals surface area contributed by atoms with Gasteiger partial charge >= 0.3 is 0 Å².